The zero-order valence-corrected chi connectivity index (χ0v) is 11.0. The number of carbonyl (C=O) groups excluding carboxylic acids is 1. The molecule has 0 radical (unpaired) electrons. The molecule has 1 amide bonds. The number of aryl methyl sites for hydroxylation is 1. The monoisotopic (exact) mass is 250 g/mol. The van der Waals surface area contributed by atoms with Crippen LogP contribution >= 0.6 is 0 Å². The molecule has 2 rings (SSSR count). The first-order valence-electron chi connectivity index (χ1n) is 6.75. The minimum atomic E-state index is 0.236. The molecule has 1 aromatic heterocycles. The lowest BCUT2D eigenvalue weighted by molar-refractivity contribution is -0.132. The number of amides is 1. The van der Waals surface area contributed by atoms with Crippen molar-refractivity contribution in [2.75, 3.05) is 6.54 Å². The summed E-state index contributed by atoms with van der Waals surface area (Å²) in [6, 6.07) is 4.33. The van der Waals surface area contributed by atoms with Gasteiger partial charge in [-0.1, -0.05) is 0 Å². The molecule has 0 aromatic carbocycles. The third kappa shape index (κ3) is 3.60. The second-order valence-electron chi connectivity index (χ2n) is 5.01. The number of nitrogens with two attached hydrogens (primary N) is 1. The standard InChI is InChI=1S/C14H22N2O2/c1-11-5-8-13(18-11)10-16(12-6-7-12)14(17)4-2-3-9-15/h5,8,12H,2-4,6-7,9-10,15H2,1H3. The molecule has 0 atom stereocenters. The van der Waals surface area contributed by atoms with Crippen molar-refractivity contribution in [1.29, 1.82) is 0 Å². The Morgan fingerprint density at radius 1 is 1.44 bits per heavy atom. The fourth-order valence-corrected chi connectivity index (χ4v) is 2.11. The maximum atomic E-state index is 12.2. The topological polar surface area (TPSA) is 59.5 Å². The summed E-state index contributed by atoms with van der Waals surface area (Å²) in [5, 5.41) is 0. The second-order valence-corrected chi connectivity index (χ2v) is 5.01. The Balaban J connectivity index is 1.89. The van der Waals surface area contributed by atoms with Gasteiger partial charge in [0.1, 0.15) is 11.5 Å². The first kappa shape index (κ1) is 13.1. The highest BCUT2D eigenvalue weighted by Gasteiger charge is 2.32. The first-order valence-corrected chi connectivity index (χ1v) is 6.75. The predicted molar refractivity (Wildman–Crippen MR) is 69.9 cm³/mol. The third-order valence-electron chi connectivity index (χ3n) is 3.27. The van der Waals surface area contributed by atoms with E-state index in [0.717, 1.165) is 37.2 Å². The summed E-state index contributed by atoms with van der Waals surface area (Å²) >= 11 is 0. The van der Waals surface area contributed by atoms with E-state index in [0.29, 0.717) is 25.6 Å². The van der Waals surface area contributed by atoms with Crippen molar-refractivity contribution in [3.05, 3.63) is 23.7 Å². The highest BCUT2D eigenvalue weighted by Crippen LogP contribution is 2.29. The molecule has 4 nitrogen and oxygen atoms in total. The van der Waals surface area contributed by atoms with Gasteiger partial charge >= 0.3 is 0 Å². The predicted octanol–water partition coefficient (Wildman–Crippen LogP) is 2.21. The van der Waals surface area contributed by atoms with Crippen LogP contribution in [0.5, 0.6) is 0 Å². The van der Waals surface area contributed by atoms with Crippen LogP contribution in [-0.2, 0) is 11.3 Å². The number of furan rings is 1. The van der Waals surface area contributed by atoms with E-state index < -0.39 is 0 Å². The summed E-state index contributed by atoms with van der Waals surface area (Å²) in [6.45, 7) is 3.20. The zero-order chi connectivity index (χ0) is 13.0. The lowest BCUT2D eigenvalue weighted by atomic mass is 10.2. The number of hydrogen-bond donors (Lipinski definition) is 1. The number of nitrogens with zero attached hydrogens (tertiary/aromatic N) is 1. The quantitative estimate of drug-likeness (QED) is 0.755. The Morgan fingerprint density at radius 3 is 2.78 bits per heavy atom. The van der Waals surface area contributed by atoms with Crippen LogP contribution in [0.3, 0.4) is 0 Å². The van der Waals surface area contributed by atoms with Crippen molar-refractivity contribution in [3.63, 3.8) is 0 Å². The summed E-state index contributed by atoms with van der Waals surface area (Å²) in [6.07, 6.45) is 4.66. The number of hydrogen-bond acceptors (Lipinski definition) is 3. The van der Waals surface area contributed by atoms with Crippen LogP contribution in [0.15, 0.2) is 16.5 Å². The smallest absolute Gasteiger partial charge is 0.223 e. The fraction of sp³-hybridized carbons (Fsp3) is 0.643. The Hall–Kier alpha value is -1.29. The highest BCUT2D eigenvalue weighted by molar-refractivity contribution is 5.76. The molecule has 18 heavy (non-hydrogen) atoms. The molecule has 1 aliphatic rings. The summed E-state index contributed by atoms with van der Waals surface area (Å²) in [7, 11) is 0. The van der Waals surface area contributed by atoms with E-state index in [9.17, 15) is 4.79 Å². The Labute approximate surface area is 108 Å². The molecular formula is C14H22N2O2. The fourth-order valence-electron chi connectivity index (χ4n) is 2.11. The Morgan fingerprint density at radius 2 is 2.22 bits per heavy atom. The summed E-state index contributed by atoms with van der Waals surface area (Å²) in [5.41, 5.74) is 5.45. The largest absolute Gasteiger partial charge is 0.464 e. The van der Waals surface area contributed by atoms with Gasteiger partial charge in [-0.15, -0.1) is 0 Å². The average Bonchev–Trinajstić information content (AvgIpc) is 3.10. The molecule has 1 aromatic rings. The van der Waals surface area contributed by atoms with Crippen molar-refractivity contribution in [3.8, 4) is 0 Å². The molecule has 0 bridgehead atoms. The van der Waals surface area contributed by atoms with E-state index in [1.807, 2.05) is 24.0 Å². The molecule has 1 aliphatic carbocycles. The van der Waals surface area contributed by atoms with Crippen molar-refractivity contribution in [1.82, 2.24) is 4.90 Å². The molecule has 1 saturated carbocycles. The van der Waals surface area contributed by atoms with Gasteiger partial charge < -0.3 is 15.1 Å². The summed E-state index contributed by atoms with van der Waals surface area (Å²) in [4.78, 5) is 14.1. The van der Waals surface area contributed by atoms with Crippen LogP contribution in [-0.4, -0.2) is 23.4 Å². The van der Waals surface area contributed by atoms with Gasteiger partial charge in [0, 0.05) is 12.5 Å². The van der Waals surface area contributed by atoms with Gasteiger partial charge in [0.25, 0.3) is 0 Å². The van der Waals surface area contributed by atoms with E-state index in [1.165, 1.54) is 0 Å². The normalized spacial score (nSPS) is 14.8. The van der Waals surface area contributed by atoms with Gasteiger partial charge in [-0.2, -0.15) is 0 Å². The molecule has 0 unspecified atom stereocenters. The van der Waals surface area contributed by atoms with Crippen molar-refractivity contribution in [2.45, 2.75) is 51.6 Å². The van der Waals surface area contributed by atoms with Crippen LogP contribution in [0.25, 0.3) is 0 Å². The van der Waals surface area contributed by atoms with Crippen LogP contribution in [0.2, 0.25) is 0 Å². The van der Waals surface area contributed by atoms with E-state index in [4.69, 9.17) is 10.2 Å². The lowest BCUT2D eigenvalue weighted by Crippen LogP contribution is -2.32. The summed E-state index contributed by atoms with van der Waals surface area (Å²) in [5.74, 6) is 2.02. The second kappa shape index (κ2) is 6.05. The maximum absolute atomic E-state index is 12.2. The van der Waals surface area contributed by atoms with Gasteiger partial charge in [0.2, 0.25) is 5.91 Å². The van der Waals surface area contributed by atoms with E-state index in [-0.39, 0.29) is 5.91 Å². The minimum absolute atomic E-state index is 0.236. The Bertz CT molecular complexity index is 396. The van der Waals surface area contributed by atoms with Gasteiger partial charge in [0.15, 0.2) is 0 Å². The van der Waals surface area contributed by atoms with Crippen LogP contribution in [0.4, 0.5) is 0 Å². The highest BCUT2D eigenvalue weighted by atomic mass is 16.3. The van der Waals surface area contributed by atoms with E-state index in [2.05, 4.69) is 0 Å². The van der Waals surface area contributed by atoms with Crippen LogP contribution < -0.4 is 5.73 Å². The third-order valence-corrected chi connectivity index (χ3v) is 3.27. The lowest BCUT2D eigenvalue weighted by Gasteiger charge is -2.21. The van der Waals surface area contributed by atoms with E-state index in [1.54, 1.807) is 0 Å². The molecular weight excluding hydrogens is 228 g/mol. The molecule has 1 fully saturated rings. The number of rotatable bonds is 7. The van der Waals surface area contributed by atoms with E-state index >= 15 is 0 Å². The molecule has 100 valence electrons. The van der Waals surface area contributed by atoms with Gasteiger partial charge in [-0.3, -0.25) is 4.79 Å². The maximum Gasteiger partial charge on any atom is 0.223 e. The minimum Gasteiger partial charge on any atom is -0.464 e. The van der Waals surface area contributed by atoms with Gasteiger partial charge in [-0.05, 0) is 51.3 Å². The SMILES string of the molecule is Cc1ccc(CN(C(=O)CCCCN)C2CC2)o1. The average molecular weight is 250 g/mol. The molecule has 2 N–H and O–H groups in total. The van der Waals surface area contributed by atoms with Gasteiger partial charge in [-0.25, -0.2) is 0 Å². The van der Waals surface area contributed by atoms with Crippen molar-refractivity contribution in [2.24, 2.45) is 5.73 Å². The van der Waals surface area contributed by atoms with Gasteiger partial charge in [0.05, 0.1) is 6.54 Å². The molecule has 0 spiro atoms. The molecule has 1 heterocycles. The molecule has 0 saturated heterocycles. The molecule has 0 aliphatic heterocycles. The number of unbranched alkanes of at least 4 members (excludes halogenated alkanes) is 1. The van der Waals surface area contributed by atoms with Crippen LogP contribution in [0, 0.1) is 6.92 Å². The molecule has 4 heteroatoms. The first-order chi connectivity index (χ1) is 8.70. The zero-order valence-electron chi connectivity index (χ0n) is 11.0. The van der Waals surface area contributed by atoms with Crippen molar-refractivity contribution < 1.29 is 9.21 Å². The van der Waals surface area contributed by atoms with Crippen LogP contribution in [0.1, 0.15) is 43.6 Å². The number of carbonyl (C=O) groups is 1. The van der Waals surface area contributed by atoms with Crippen molar-refractivity contribution >= 4 is 5.91 Å². The Kier molecular flexibility index (Phi) is 4.42. The summed E-state index contributed by atoms with van der Waals surface area (Å²) < 4.78 is 5.55.